The number of hydrogen-bond donors (Lipinski definition) is 1. The Morgan fingerprint density at radius 1 is 1.21 bits per heavy atom. The van der Waals surface area contributed by atoms with Crippen LogP contribution in [0.3, 0.4) is 0 Å². The predicted molar refractivity (Wildman–Crippen MR) is 111 cm³/mol. The first-order chi connectivity index (χ1) is 14.0. The lowest BCUT2D eigenvalue weighted by atomic mass is 10.0. The molecule has 1 aliphatic rings. The van der Waals surface area contributed by atoms with Crippen LogP contribution in [0.5, 0.6) is 0 Å². The molecule has 2 aromatic rings. The van der Waals surface area contributed by atoms with Crippen LogP contribution in [0, 0.1) is 6.92 Å². The van der Waals surface area contributed by atoms with Gasteiger partial charge in [-0.1, -0.05) is 43.7 Å². The Morgan fingerprint density at radius 3 is 2.62 bits per heavy atom. The second kappa shape index (κ2) is 9.65. The fourth-order valence-electron chi connectivity index (χ4n) is 3.37. The minimum absolute atomic E-state index is 0.283. The molecule has 1 N–H and O–H groups in total. The molecule has 1 aliphatic heterocycles. The zero-order valence-electron chi connectivity index (χ0n) is 16.8. The number of amides is 3. The monoisotopic (exact) mass is 414 g/mol. The number of aromatic nitrogens is 1. The van der Waals surface area contributed by atoms with Gasteiger partial charge in [-0.2, -0.15) is 0 Å². The molecule has 1 unspecified atom stereocenters. The Kier molecular flexibility index (Phi) is 6.98. The Balaban J connectivity index is 1.78. The summed E-state index contributed by atoms with van der Waals surface area (Å²) in [5.74, 6) is -1.47. The number of nitrogens with one attached hydrogen (secondary N) is 1. The summed E-state index contributed by atoms with van der Waals surface area (Å²) in [4.78, 5) is 45.8. The summed E-state index contributed by atoms with van der Waals surface area (Å²) in [6.07, 6.45) is 1.81. The van der Waals surface area contributed by atoms with Crippen LogP contribution >= 0.6 is 11.3 Å². The molecule has 0 saturated carbocycles. The van der Waals surface area contributed by atoms with E-state index in [1.54, 1.807) is 17.0 Å². The van der Waals surface area contributed by atoms with Crippen molar-refractivity contribution >= 4 is 29.1 Å². The van der Waals surface area contributed by atoms with Gasteiger partial charge >= 0.3 is 11.8 Å². The maximum Gasteiger partial charge on any atom is 0.313 e. The summed E-state index contributed by atoms with van der Waals surface area (Å²) in [6, 6.07) is 8.26. The van der Waals surface area contributed by atoms with Crippen molar-refractivity contribution in [2.24, 2.45) is 0 Å². The van der Waals surface area contributed by atoms with E-state index in [1.807, 2.05) is 37.4 Å². The molecule has 0 bridgehead atoms. The Bertz CT molecular complexity index is 868. The van der Waals surface area contributed by atoms with Crippen LogP contribution in [-0.2, 0) is 20.9 Å². The molecule has 29 heavy (non-hydrogen) atoms. The smallest absolute Gasteiger partial charge is 0.313 e. The van der Waals surface area contributed by atoms with Crippen LogP contribution in [0.2, 0.25) is 0 Å². The number of rotatable bonds is 8. The van der Waals surface area contributed by atoms with Crippen LogP contribution in [-0.4, -0.2) is 52.1 Å². The average molecular weight is 415 g/mol. The molecule has 1 aromatic heterocycles. The highest BCUT2D eigenvalue weighted by molar-refractivity contribution is 7.09. The molecule has 0 aliphatic carbocycles. The van der Waals surface area contributed by atoms with Gasteiger partial charge in [0.05, 0.1) is 17.2 Å². The number of aryl methyl sites for hydroxylation is 1. The lowest BCUT2D eigenvalue weighted by molar-refractivity contribution is -0.159. The molecular weight excluding hydrogens is 388 g/mol. The van der Waals surface area contributed by atoms with Gasteiger partial charge in [-0.3, -0.25) is 14.4 Å². The molecule has 7 nitrogen and oxygen atoms in total. The van der Waals surface area contributed by atoms with Crippen molar-refractivity contribution in [3.05, 3.63) is 52.0 Å². The number of unbranched alkanes of at least 4 members (excludes halogenated alkanes) is 1. The number of carbonyl (C=O) groups is 3. The minimum Gasteiger partial charge on any atom is -0.348 e. The molecule has 1 fully saturated rings. The lowest BCUT2D eigenvalue weighted by Gasteiger charge is -2.38. The molecule has 3 amide bonds. The van der Waals surface area contributed by atoms with Gasteiger partial charge in [-0.05, 0) is 18.9 Å². The topological polar surface area (TPSA) is 82.6 Å². The number of benzene rings is 1. The van der Waals surface area contributed by atoms with Crippen LogP contribution in [0.15, 0.2) is 35.7 Å². The van der Waals surface area contributed by atoms with Gasteiger partial charge in [0.15, 0.2) is 0 Å². The summed E-state index contributed by atoms with van der Waals surface area (Å²) in [5.41, 5.74) is 1.46. The summed E-state index contributed by atoms with van der Waals surface area (Å²) in [6.45, 7) is 5.57. The van der Waals surface area contributed by atoms with E-state index in [-0.39, 0.29) is 12.5 Å². The summed E-state index contributed by atoms with van der Waals surface area (Å²) >= 11 is 1.52. The molecule has 1 aromatic carbocycles. The van der Waals surface area contributed by atoms with E-state index in [2.05, 4.69) is 10.3 Å². The quantitative estimate of drug-likeness (QED) is 0.672. The molecule has 0 radical (unpaired) electrons. The van der Waals surface area contributed by atoms with Gasteiger partial charge in [0.1, 0.15) is 6.04 Å². The SMILES string of the molecule is CCCCN1CCN(C(C(=O)NCc2csc(C)n2)c2ccccc2)C(=O)C1=O. The van der Waals surface area contributed by atoms with E-state index >= 15 is 0 Å². The largest absolute Gasteiger partial charge is 0.348 e. The van der Waals surface area contributed by atoms with E-state index in [9.17, 15) is 14.4 Å². The highest BCUT2D eigenvalue weighted by Crippen LogP contribution is 2.24. The number of hydrogen-bond acceptors (Lipinski definition) is 5. The molecule has 1 atom stereocenters. The van der Waals surface area contributed by atoms with E-state index in [1.165, 1.54) is 16.2 Å². The Labute approximate surface area is 174 Å². The Hall–Kier alpha value is -2.74. The van der Waals surface area contributed by atoms with Crippen LogP contribution in [0.1, 0.15) is 42.1 Å². The van der Waals surface area contributed by atoms with E-state index < -0.39 is 17.9 Å². The molecule has 0 spiro atoms. The number of carbonyl (C=O) groups excluding carboxylic acids is 3. The molecule has 1 saturated heterocycles. The van der Waals surface area contributed by atoms with Gasteiger partial charge in [-0.15, -0.1) is 11.3 Å². The summed E-state index contributed by atoms with van der Waals surface area (Å²) in [7, 11) is 0. The standard InChI is InChI=1S/C21H26N4O3S/c1-3-4-10-24-11-12-25(21(28)20(24)27)18(16-8-6-5-7-9-16)19(26)22-13-17-14-29-15(2)23-17/h5-9,14,18H,3-4,10-13H2,1-2H3,(H,22,26). The second-order valence-corrected chi connectivity index (χ2v) is 8.10. The predicted octanol–water partition coefficient (Wildman–Crippen LogP) is 2.28. The van der Waals surface area contributed by atoms with Crippen LogP contribution in [0.25, 0.3) is 0 Å². The Morgan fingerprint density at radius 2 is 1.97 bits per heavy atom. The molecule has 3 rings (SSSR count). The van der Waals surface area contributed by atoms with E-state index in [0.717, 1.165) is 23.5 Å². The van der Waals surface area contributed by atoms with Gasteiger partial charge in [-0.25, -0.2) is 4.98 Å². The maximum absolute atomic E-state index is 13.1. The fourth-order valence-corrected chi connectivity index (χ4v) is 3.98. The third-order valence-corrected chi connectivity index (χ3v) is 5.73. The van der Waals surface area contributed by atoms with Crippen molar-refractivity contribution in [1.29, 1.82) is 0 Å². The summed E-state index contributed by atoms with van der Waals surface area (Å²) in [5, 5.41) is 5.70. The fraction of sp³-hybridized carbons (Fsp3) is 0.429. The van der Waals surface area contributed by atoms with Gasteiger partial charge in [0.25, 0.3) is 0 Å². The van der Waals surface area contributed by atoms with Crippen LogP contribution < -0.4 is 5.32 Å². The third-order valence-electron chi connectivity index (χ3n) is 4.91. The number of thiazole rings is 1. The van der Waals surface area contributed by atoms with Crippen molar-refractivity contribution in [2.45, 2.75) is 39.3 Å². The average Bonchev–Trinajstić information content (AvgIpc) is 3.15. The first kappa shape index (κ1) is 21.0. The van der Waals surface area contributed by atoms with Gasteiger partial charge in [0.2, 0.25) is 5.91 Å². The van der Waals surface area contributed by atoms with E-state index in [4.69, 9.17) is 0 Å². The highest BCUT2D eigenvalue weighted by Gasteiger charge is 2.39. The second-order valence-electron chi connectivity index (χ2n) is 7.03. The van der Waals surface area contributed by atoms with Crippen molar-refractivity contribution < 1.29 is 14.4 Å². The molecule has 2 heterocycles. The highest BCUT2D eigenvalue weighted by atomic mass is 32.1. The summed E-state index contributed by atoms with van der Waals surface area (Å²) < 4.78 is 0. The minimum atomic E-state index is -0.847. The third kappa shape index (κ3) is 5.00. The first-order valence-electron chi connectivity index (χ1n) is 9.84. The zero-order chi connectivity index (χ0) is 20.8. The zero-order valence-corrected chi connectivity index (χ0v) is 17.6. The maximum atomic E-state index is 13.1. The van der Waals surface area contributed by atoms with Crippen molar-refractivity contribution in [3.8, 4) is 0 Å². The normalized spacial score (nSPS) is 15.5. The van der Waals surface area contributed by atoms with Crippen LogP contribution in [0.4, 0.5) is 0 Å². The van der Waals surface area contributed by atoms with Crippen molar-refractivity contribution in [1.82, 2.24) is 20.1 Å². The van der Waals surface area contributed by atoms with Crippen molar-refractivity contribution in [3.63, 3.8) is 0 Å². The van der Waals surface area contributed by atoms with E-state index in [0.29, 0.717) is 25.2 Å². The molecule has 8 heteroatoms. The molecular formula is C21H26N4O3S. The van der Waals surface area contributed by atoms with Gasteiger partial charge < -0.3 is 15.1 Å². The number of nitrogens with zero attached hydrogens (tertiary/aromatic N) is 3. The first-order valence-corrected chi connectivity index (χ1v) is 10.7. The lowest BCUT2D eigenvalue weighted by Crippen LogP contribution is -2.57. The van der Waals surface area contributed by atoms with Gasteiger partial charge in [0, 0.05) is 25.0 Å². The number of piperazine rings is 1. The van der Waals surface area contributed by atoms with Crippen molar-refractivity contribution in [2.75, 3.05) is 19.6 Å². The molecule has 154 valence electrons.